The molecule has 0 amide bonds. The first-order valence-electron chi connectivity index (χ1n) is 40.5. The zero-order valence-corrected chi connectivity index (χ0v) is 70.8. The van der Waals surface area contributed by atoms with Gasteiger partial charge in [-0.05, 0) is 107 Å². The van der Waals surface area contributed by atoms with Gasteiger partial charge in [0.25, 0.3) is 0 Å². The van der Waals surface area contributed by atoms with Crippen molar-refractivity contribution in [2.75, 3.05) is 26.4 Å². The van der Waals surface area contributed by atoms with Crippen molar-refractivity contribution in [1.82, 2.24) is 19.9 Å². The van der Waals surface area contributed by atoms with Crippen LogP contribution in [-0.2, 0) is 9.47 Å². The normalized spacial score (nSPS) is 13.1. The van der Waals surface area contributed by atoms with Crippen molar-refractivity contribution in [3.8, 4) is 60.8 Å². The Morgan fingerprint density at radius 2 is 0.578 bits per heavy atom. The second-order valence-corrected chi connectivity index (χ2v) is 37.7. The molecule has 566 valence electrons. The average Bonchev–Trinajstić information content (AvgIpc) is 1.60. The lowest BCUT2D eigenvalue weighted by Crippen LogP contribution is -2.15. The third-order valence-electron chi connectivity index (χ3n) is 20.1. The van der Waals surface area contributed by atoms with Crippen molar-refractivity contribution in [2.45, 2.75) is 326 Å². The van der Waals surface area contributed by atoms with E-state index in [0.29, 0.717) is 54.6 Å². The summed E-state index contributed by atoms with van der Waals surface area (Å²) >= 11 is 13.0. The molecule has 0 aliphatic heterocycles. The molecule has 8 aromatic heterocycles. The van der Waals surface area contributed by atoms with Crippen LogP contribution in [0, 0.1) is 37.5 Å². The topological polar surface area (TPSA) is 123 Å². The van der Waals surface area contributed by atoms with Crippen molar-refractivity contribution in [3.63, 3.8) is 0 Å². The molecule has 8 heterocycles. The fourth-order valence-corrected chi connectivity index (χ4v) is 22.6. The van der Waals surface area contributed by atoms with Crippen LogP contribution in [0.25, 0.3) is 68.6 Å². The van der Waals surface area contributed by atoms with E-state index in [-0.39, 0.29) is 11.9 Å². The number of thiophene rings is 4. The van der Waals surface area contributed by atoms with Gasteiger partial charge in [-0.15, -0.1) is 45.3 Å². The highest BCUT2D eigenvalue weighted by Crippen LogP contribution is 2.52. The number of nitrogens with zero attached hydrogens (tertiary/aromatic N) is 4. The van der Waals surface area contributed by atoms with E-state index in [1.165, 1.54) is 227 Å². The maximum atomic E-state index is 15.1. The van der Waals surface area contributed by atoms with Crippen LogP contribution in [0.3, 0.4) is 0 Å². The molecule has 4 atom stereocenters. The molecular formula is C84H126N4O6S8. The fraction of sp³-hybridized carbons (Fsp3) is 0.690. The number of unbranched alkanes of at least 4 members (excludes halogenated alkanes) is 24. The SMILES string of the molecule is CCCCCCCCC(CCCCCC)COC(=O)c1cc(C)sc1-c1nc2sc(-c3sc(-c4cc(OCC(CCCC)CCCCCC)c(-c5nc6sc(-c7sc(C)cc7OCC(CCCC)CCCCCC)nc6s5)s4)cc3C(=O)OCC(CCCCCC)CCCCCCCC)nc2s1. The number of carbonyl (C=O) groups excluding carboxylic acids is 2. The fourth-order valence-electron chi connectivity index (χ4n) is 13.9. The quantitative estimate of drug-likeness (QED) is 0.0269. The summed E-state index contributed by atoms with van der Waals surface area (Å²) in [6, 6.07) is 8.45. The average molecular weight is 1540 g/mol. The molecule has 8 rings (SSSR count). The summed E-state index contributed by atoms with van der Waals surface area (Å²) in [4.78, 5) is 62.0. The Labute approximate surface area is 647 Å². The second kappa shape index (κ2) is 47.2. The van der Waals surface area contributed by atoms with Crippen LogP contribution in [0.2, 0.25) is 0 Å². The Morgan fingerprint density at radius 1 is 0.304 bits per heavy atom. The highest BCUT2D eigenvalue weighted by Gasteiger charge is 2.30. The molecule has 0 N–H and O–H groups in total. The third kappa shape index (κ3) is 26.9. The van der Waals surface area contributed by atoms with E-state index < -0.39 is 0 Å². The second-order valence-electron chi connectivity index (χ2n) is 29.2. The van der Waals surface area contributed by atoms with Gasteiger partial charge in [-0.2, -0.15) is 0 Å². The smallest absolute Gasteiger partial charge is 0.339 e. The van der Waals surface area contributed by atoms with Gasteiger partial charge in [0, 0.05) is 25.6 Å². The molecule has 0 bridgehead atoms. The lowest BCUT2D eigenvalue weighted by atomic mass is 9.95. The molecule has 0 aliphatic carbocycles. The van der Waals surface area contributed by atoms with E-state index in [1.54, 1.807) is 68.0 Å². The summed E-state index contributed by atoms with van der Waals surface area (Å²) in [6.07, 6.45) is 48.5. The summed E-state index contributed by atoms with van der Waals surface area (Å²) in [7, 11) is 0. The highest BCUT2D eigenvalue weighted by molar-refractivity contribution is 7.34. The van der Waals surface area contributed by atoms with Crippen LogP contribution in [0.15, 0.2) is 24.3 Å². The number of aromatic nitrogens is 4. The molecule has 0 aliphatic rings. The number of carbonyl (C=O) groups is 2. The maximum absolute atomic E-state index is 15.1. The van der Waals surface area contributed by atoms with Crippen molar-refractivity contribution >= 4 is 122 Å². The summed E-state index contributed by atoms with van der Waals surface area (Å²) in [6.45, 7) is 24.7. The molecule has 18 heteroatoms. The van der Waals surface area contributed by atoms with E-state index in [1.807, 2.05) is 6.07 Å². The summed E-state index contributed by atoms with van der Waals surface area (Å²) in [5.41, 5.74) is 1.12. The highest BCUT2D eigenvalue weighted by atomic mass is 32.1. The number of thiazole rings is 4. The first kappa shape index (κ1) is 84.0. The van der Waals surface area contributed by atoms with Gasteiger partial charge < -0.3 is 18.9 Å². The molecular weight excluding hydrogens is 1420 g/mol. The largest absolute Gasteiger partial charge is 0.492 e. The Bertz CT molecular complexity index is 3570. The summed E-state index contributed by atoms with van der Waals surface area (Å²) in [5.74, 6) is 2.88. The number of rotatable bonds is 57. The molecule has 8 aromatic rings. The lowest BCUT2D eigenvalue weighted by molar-refractivity contribution is 0.0415. The summed E-state index contributed by atoms with van der Waals surface area (Å²) in [5, 5.41) is 3.37. The first-order valence-corrected chi connectivity index (χ1v) is 47.1. The van der Waals surface area contributed by atoms with Gasteiger partial charge in [0.2, 0.25) is 0 Å². The van der Waals surface area contributed by atoms with Crippen LogP contribution in [0.1, 0.15) is 343 Å². The molecule has 0 aromatic carbocycles. The molecule has 0 radical (unpaired) electrons. The van der Waals surface area contributed by atoms with Crippen LogP contribution in [-0.4, -0.2) is 58.3 Å². The van der Waals surface area contributed by atoms with Gasteiger partial charge in [-0.1, -0.05) is 306 Å². The lowest BCUT2D eigenvalue weighted by Gasteiger charge is -2.17. The minimum atomic E-state index is -0.307. The zero-order chi connectivity index (χ0) is 72.3. The molecule has 102 heavy (non-hydrogen) atoms. The van der Waals surface area contributed by atoms with Gasteiger partial charge in [-0.25, -0.2) is 29.5 Å². The van der Waals surface area contributed by atoms with E-state index in [9.17, 15) is 4.79 Å². The monoisotopic (exact) mass is 1540 g/mol. The van der Waals surface area contributed by atoms with Gasteiger partial charge in [0.05, 0.1) is 47.3 Å². The van der Waals surface area contributed by atoms with Crippen LogP contribution in [0.5, 0.6) is 11.5 Å². The van der Waals surface area contributed by atoms with Gasteiger partial charge in [-0.3, -0.25) is 0 Å². The Kier molecular flexibility index (Phi) is 38.9. The molecule has 10 nitrogen and oxygen atoms in total. The summed E-state index contributed by atoms with van der Waals surface area (Å²) < 4.78 is 26.7. The number of esters is 2. The van der Waals surface area contributed by atoms with Crippen LogP contribution < -0.4 is 9.47 Å². The van der Waals surface area contributed by atoms with E-state index >= 15 is 4.79 Å². The van der Waals surface area contributed by atoms with Gasteiger partial charge in [0.15, 0.2) is 19.3 Å². The molecule has 4 unspecified atom stereocenters. The maximum Gasteiger partial charge on any atom is 0.339 e. The van der Waals surface area contributed by atoms with Crippen LogP contribution in [0.4, 0.5) is 0 Å². The van der Waals surface area contributed by atoms with Gasteiger partial charge >= 0.3 is 11.9 Å². The van der Waals surface area contributed by atoms with Crippen molar-refractivity contribution in [2.24, 2.45) is 23.7 Å². The van der Waals surface area contributed by atoms with Crippen LogP contribution >= 0.6 is 90.7 Å². The van der Waals surface area contributed by atoms with E-state index in [2.05, 4.69) is 87.4 Å². The predicted octanol–water partition coefficient (Wildman–Crippen LogP) is 30.3. The minimum absolute atomic E-state index is 0.268. The predicted molar refractivity (Wildman–Crippen MR) is 448 cm³/mol. The number of ether oxygens (including phenoxy) is 4. The number of fused-ring (bicyclic) bond motifs is 2. The van der Waals surface area contributed by atoms with E-state index in [0.717, 1.165) is 149 Å². The molecule has 0 saturated heterocycles. The number of aryl methyl sites for hydroxylation is 2. The number of hydrogen-bond acceptors (Lipinski definition) is 18. The minimum Gasteiger partial charge on any atom is -0.492 e. The van der Waals surface area contributed by atoms with E-state index in [4.69, 9.17) is 38.9 Å². The third-order valence-corrected chi connectivity index (χ3v) is 29.3. The van der Waals surface area contributed by atoms with Crippen molar-refractivity contribution < 1.29 is 28.5 Å². The first-order chi connectivity index (χ1) is 49.9. The number of hydrogen-bond donors (Lipinski definition) is 0. The van der Waals surface area contributed by atoms with Gasteiger partial charge in [0.1, 0.15) is 41.3 Å². The Morgan fingerprint density at radius 3 is 0.980 bits per heavy atom. The molecule has 0 spiro atoms. The standard InChI is InChI=1S/C84H126N4O6S8/c1-11-19-27-33-35-41-49-63(47-39-31-23-15-5)57-93-83(89)65-51-59(9)95-71(65)75-85-79-80(99-75)86-76(100-79)72-66(84(90)94-58-64(48-40-32-24-16-6)50-42-36-34-28-20-12-2)53-69(97-72)70-54-68(92-56-62(44-26-18-8)46-38-30-22-14-4)74(98-70)78-88-82-81(102-78)87-77(101-82)73-67(52-60(10)96-73)91-55-61(43-25-17-7)45-37-29-21-13-3/h51-54,61-64H,11-50,55-58H2,1-10H3. The Balaban J connectivity index is 1.12. The van der Waals surface area contributed by atoms with Crippen molar-refractivity contribution in [3.05, 3.63) is 45.1 Å². The Hall–Kier alpha value is -3.62. The molecule has 0 saturated carbocycles. The van der Waals surface area contributed by atoms with Crippen molar-refractivity contribution in [1.29, 1.82) is 0 Å². The zero-order valence-electron chi connectivity index (χ0n) is 64.2. The molecule has 0 fully saturated rings.